The predicted octanol–water partition coefficient (Wildman–Crippen LogP) is 1.91. The van der Waals surface area contributed by atoms with Crippen molar-refractivity contribution in [1.29, 1.82) is 0 Å². The second-order valence-electron chi connectivity index (χ2n) is 7.61. The van der Waals surface area contributed by atoms with Crippen LogP contribution in [-0.4, -0.2) is 4.57 Å². The van der Waals surface area contributed by atoms with Crippen LogP contribution >= 0.6 is 0 Å². The van der Waals surface area contributed by atoms with E-state index in [0.29, 0.717) is 0 Å². The number of aromatic nitrogens is 2. The maximum absolute atomic E-state index is 2.56. The molecule has 1 aliphatic carbocycles. The summed E-state index contributed by atoms with van der Waals surface area (Å²) < 4.78 is 4.86. The summed E-state index contributed by atoms with van der Waals surface area (Å²) in [5, 5.41) is 1.46. The van der Waals surface area contributed by atoms with Crippen molar-refractivity contribution in [3.63, 3.8) is 0 Å². The van der Waals surface area contributed by atoms with Crippen molar-refractivity contribution in [3.05, 3.63) is 102 Å². The number of hydrogen-bond donors (Lipinski definition) is 0. The highest BCUT2D eigenvalue weighted by Gasteiger charge is 2.20. The standard InChI is InChI=1S/C25H25N2.BrH/c1-2-9-20(10-3-1)17-26-16-8-11-21(18-26)19-27-24-14-6-4-12-22(24)23-13-5-7-15-25(23)27;/h1-4,6,8-12,14,16,18H,5,7,13,15,17,19H2;1H/q+1;/p-1. The highest BCUT2D eigenvalue weighted by atomic mass is 79.9. The van der Waals surface area contributed by atoms with Crippen LogP contribution in [0, 0.1) is 0 Å². The van der Waals surface area contributed by atoms with Crippen LogP contribution in [0.3, 0.4) is 0 Å². The average molecular weight is 433 g/mol. The fraction of sp³-hybridized carbons (Fsp3) is 0.240. The molecule has 0 amide bonds. The molecule has 142 valence electrons. The highest BCUT2D eigenvalue weighted by Crippen LogP contribution is 2.32. The van der Waals surface area contributed by atoms with Crippen molar-refractivity contribution < 1.29 is 21.5 Å². The molecule has 2 nitrogen and oxygen atoms in total. The first kappa shape index (κ1) is 18.9. The van der Waals surface area contributed by atoms with E-state index >= 15 is 0 Å². The molecule has 2 aromatic heterocycles. The zero-order chi connectivity index (χ0) is 18.1. The summed E-state index contributed by atoms with van der Waals surface area (Å²) in [5.74, 6) is 0. The van der Waals surface area contributed by atoms with Gasteiger partial charge in [0.2, 0.25) is 0 Å². The van der Waals surface area contributed by atoms with Crippen molar-refractivity contribution in [2.45, 2.75) is 38.8 Å². The molecule has 0 N–H and O–H groups in total. The largest absolute Gasteiger partial charge is 1.00 e. The Bertz CT molecular complexity index is 1080. The lowest BCUT2D eigenvalue weighted by Crippen LogP contribution is -3.00. The Hall–Kier alpha value is -2.39. The molecule has 0 fully saturated rings. The maximum Gasteiger partial charge on any atom is 0.174 e. The minimum atomic E-state index is 0. The second-order valence-corrected chi connectivity index (χ2v) is 7.61. The Balaban J connectivity index is 0.00000192. The van der Waals surface area contributed by atoms with E-state index in [4.69, 9.17) is 0 Å². The number of halogens is 1. The molecule has 4 aromatic rings. The summed E-state index contributed by atoms with van der Waals surface area (Å²) in [5.41, 5.74) is 7.24. The van der Waals surface area contributed by atoms with Crippen LogP contribution in [0.2, 0.25) is 0 Å². The summed E-state index contributed by atoms with van der Waals surface area (Å²) >= 11 is 0. The Morgan fingerprint density at radius 1 is 0.786 bits per heavy atom. The van der Waals surface area contributed by atoms with E-state index < -0.39 is 0 Å². The van der Waals surface area contributed by atoms with Gasteiger partial charge < -0.3 is 21.5 Å². The number of rotatable bonds is 4. The summed E-state index contributed by atoms with van der Waals surface area (Å²) in [6.07, 6.45) is 9.54. The molecular weight excluding hydrogens is 408 g/mol. The van der Waals surface area contributed by atoms with E-state index in [9.17, 15) is 0 Å². The summed E-state index contributed by atoms with van der Waals surface area (Å²) in [6, 6.07) is 24.0. The highest BCUT2D eigenvalue weighted by molar-refractivity contribution is 5.86. The lowest BCUT2D eigenvalue weighted by Gasteiger charge is -2.16. The molecule has 0 atom stereocenters. The monoisotopic (exact) mass is 432 g/mol. The third-order valence-corrected chi connectivity index (χ3v) is 5.75. The molecule has 0 radical (unpaired) electrons. The summed E-state index contributed by atoms with van der Waals surface area (Å²) in [4.78, 5) is 0. The SMILES string of the molecule is [Br-].c1ccc(C[n+]2cccc(Cn3c4c(c5ccccc53)CCCC4)c2)cc1. The van der Waals surface area contributed by atoms with Gasteiger partial charge in [-0.1, -0.05) is 48.5 Å². The molecule has 5 rings (SSSR count). The van der Waals surface area contributed by atoms with Crippen LogP contribution in [0.25, 0.3) is 10.9 Å². The first-order chi connectivity index (χ1) is 13.4. The van der Waals surface area contributed by atoms with Gasteiger partial charge in [-0.15, -0.1) is 0 Å². The van der Waals surface area contributed by atoms with Gasteiger partial charge in [0.15, 0.2) is 18.9 Å². The number of fused-ring (bicyclic) bond motifs is 3. The molecule has 28 heavy (non-hydrogen) atoms. The minimum absolute atomic E-state index is 0. The first-order valence-electron chi connectivity index (χ1n) is 9.99. The van der Waals surface area contributed by atoms with Crippen LogP contribution in [0.1, 0.15) is 35.2 Å². The fourth-order valence-electron chi connectivity index (χ4n) is 4.51. The quantitative estimate of drug-likeness (QED) is 0.435. The van der Waals surface area contributed by atoms with Gasteiger partial charge in [0.05, 0.1) is 6.54 Å². The van der Waals surface area contributed by atoms with E-state index in [1.807, 2.05) is 0 Å². The van der Waals surface area contributed by atoms with Crippen molar-refractivity contribution in [1.82, 2.24) is 4.57 Å². The zero-order valence-electron chi connectivity index (χ0n) is 16.0. The predicted molar refractivity (Wildman–Crippen MR) is 110 cm³/mol. The van der Waals surface area contributed by atoms with Gasteiger partial charge in [0.25, 0.3) is 0 Å². The second kappa shape index (κ2) is 8.32. The van der Waals surface area contributed by atoms with Gasteiger partial charge in [-0.3, -0.25) is 0 Å². The Morgan fingerprint density at radius 3 is 2.43 bits per heavy atom. The Morgan fingerprint density at radius 2 is 1.54 bits per heavy atom. The van der Waals surface area contributed by atoms with E-state index in [2.05, 4.69) is 88.3 Å². The van der Waals surface area contributed by atoms with Crippen molar-refractivity contribution >= 4 is 10.9 Å². The van der Waals surface area contributed by atoms with E-state index in [1.54, 1.807) is 11.3 Å². The minimum Gasteiger partial charge on any atom is -1.00 e. The van der Waals surface area contributed by atoms with Crippen molar-refractivity contribution in [2.24, 2.45) is 0 Å². The van der Waals surface area contributed by atoms with Crippen LogP contribution in [-0.2, 0) is 25.9 Å². The third kappa shape index (κ3) is 3.64. The number of aryl methyl sites for hydroxylation is 1. The van der Waals surface area contributed by atoms with E-state index in [-0.39, 0.29) is 17.0 Å². The first-order valence-corrected chi connectivity index (χ1v) is 9.99. The van der Waals surface area contributed by atoms with Crippen molar-refractivity contribution in [3.8, 4) is 0 Å². The molecule has 0 spiro atoms. The molecule has 3 heteroatoms. The molecule has 0 saturated carbocycles. The number of pyridine rings is 1. The Kier molecular flexibility index (Phi) is 5.63. The van der Waals surface area contributed by atoms with Gasteiger partial charge in [-0.05, 0) is 43.4 Å². The molecular formula is C25H25BrN2. The molecule has 2 heterocycles. The van der Waals surface area contributed by atoms with Gasteiger partial charge in [0, 0.05) is 33.8 Å². The number of hydrogen-bond acceptors (Lipinski definition) is 0. The lowest BCUT2D eigenvalue weighted by molar-refractivity contribution is -0.688. The molecule has 0 bridgehead atoms. The molecule has 0 unspecified atom stereocenters. The third-order valence-electron chi connectivity index (χ3n) is 5.75. The van der Waals surface area contributed by atoms with Crippen LogP contribution < -0.4 is 21.5 Å². The Labute approximate surface area is 177 Å². The van der Waals surface area contributed by atoms with Crippen LogP contribution in [0.5, 0.6) is 0 Å². The fourth-order valence-corrected chi connectivity index (χ4v) is 4.51. The smallest absolute Gasteiger partial charge is 0.174 e. The van der Waals surface area contributed by atoms with Gasteiger partial charge in [-0.25, -0.2) is 4.57 Å². The molecule has 2 aromatic carbocycles. The molecule has 0 saturated heterocycles. The lowest BCUT2D eigenvalue weighted by atomic mass is 9.95. The van der Waals surface area contributed by atoms with E-state index in [0.717, 1.165) is 13.1 Å². The van der Waals surface area contributed by atoms with Gasteiger partial charge >= 0.3 is 0 Å². The van der Waals surface area contributed by atoms with Crippen molar-refractivity contribution in [2.75, 3.05) is 0 Å². The van der Waals surface area contributed by atoms with Crippen LogP contribution in [0.15, 0.2) is 79.1 Å². The number of benzene rings is 2. The average Bonchev–Trinajstić information content (AvgIpc) is 3.03. The molecule has 1 aliphatic rings. The normalized spacial score (nSPS) is 13.1. The zero-order valence-corrected chi connectivity index (χ0v) is 17.6. The summed E-state index contributed by atoms with van der Waals surface area (Å²) in [6.45, 7) is 1.87. The topological polar surface area (TPSA) is 8.81 Å². The number of nitrogens with zero attached hydrogens (tertiary/aromatic N) is 2. The van der Waals surface area contributed by atoms with Crippen LogP contribution in [0.4, 0.5) is 0 Å². The molecule has 0 aliphatic heterocycles. The van der Waals surface area contributed by atoms with E-state index in [1.165, 1.54) is 47.7 Å². The van der Waals surface area contributed by atoms with Gasteiger partial charge in [0.1, 0.15) is 0 Å². The van der Waals surface area contributed by atoms with Gasteiger partial charge in [-0.2, -0.15) is 0 Å². The number of para-hydroxylation sites is 1. The maximum atomic E-state index is 2.56. The summed E-state index contributed by atoms with van der Waals surface area (Å²) in [7, 11) is 0.